The zero-order valence-electron chi connectivity index (χ0n) is 57.5. The third kappa shape index (κ3) is 20.6. The molecule has 0 bridgehead atoms. The van der Waals surface area contributed by atoms with E-state index in [0.29, 0.717) is 84.1 Å². The van der Waals surface area contributed by atoms with Crippen LogP contribution in [0.1, 0.15) is 57.3 Å². The molecule has 1 aliphatic carbocycles. The summed E-state index contributed by atoms with van der Waals surface area (Å²) in [7, 11) is 1.76. The molecular weight excluding hydrogens is 1390 g/mol. The van der Waals surface area contributed by atoms with Crippen LogP contribution in [0.15, 0.2) is 220 Å². The van der Waals surface area contributed by atoms with Crippen LogP contribution in [-0.2, 0) is 26.2 Å². The number of halogens is 8. The van der Waals surface area contributed by atoms with Gasteiger partial charge in [0.25, 0.3) is 22.2 Å². The van der Waals surface area contributed by atoms with E-state index in [9.17, 15) is 54.3 Å². The molecule has 14 rings (SSSR count). The highest BCUT2D eigenvalue weighted by Gasteiger charge is 2.62. The van der Waals surface area contributed by atoms with E-state index >= 15 is 0 Å². The Labute approximate surface area is 599 Å². The minimum atomic E-state index is -4.86. The molecule has 2 fully saturated rings. The second-order valence-corrected chi connectivity index (χ2v) is 25.3. The summed E-state index contributed by atoms with van der Waals surface area (Å²) in [6.45, 7) is 9.11. The lowest BCUT2D eigenvalue weighted by molar-refractivity contribution is -0.277. The number of hydrogen-bond donors (Lipinski definition) is 1. The maximum absolute atomic E-state index is 13.2. The molecule has 4 aromatic carbocycles. The monoisotopic (exact) mass is 1450 g/mol. The number of nitrogens with zero attached hydrogens (tertiary/aromatic N) is 16. The van der Waals surface area contributed by atoms with Crippen molar-refractivity contribution in [2.75, 3.05) is 37.0 Å². The number of aryl methyl sites for hydroxylation is 4. The van der Waals surface area contributed by atoms with Gasteiger partial charge < -0.3 is 19.7 Å². The van der Waals surface area contributed by atoms with Crippen LogP contribution in [0.2, 0.25) is 0 Å². The lowest BCUT2D eigenvalue weighted by Gasteiger charge is -2.58. The number of alkyl halides is 8. The number of ether oxygens (including phenoxy) is 2. The van der Waals surface area contributed by atoms with Gasteiger partial charge in [0.2, 0.25) is 23.7 Å². The molecular formula is C75H67F8N17O6. The highest BCUT2D eigenvalue weighted by molar-refractivity contribution is 5.59. The van der Waals surface area contributed by atoms with Gasteiger partial charge in [0.15, 0.2) is 6.61 Å². The Balaban J connectivity index is 0.000000142. The fourth-order valence-corrected chi connectivity index (χ4v) is 11.1. The molecule has 8 aromatic heterocycles. The summed E-state index contributed by atoms with van der Waals surface area (Å²) in [5.41, 5.74) is 11.8. The number of pyridine rings is 1. The van der Waals surface area contributed by atoms with E-state index in [1.807, 2.05) is 130 Å². The molecule has 9 heterocycles. The first-order valence-corrected chi connectivity index (χ1v) is 32.8. The number of aromatic nitrogens is 15. The maximum atomic E-state index is 13.2. The second-order valence-electron chi connectivity index (χ2n) is 25.3. The van der Waals surface area contributed by atoms with Crippen molar-refractivity contribution >= 4 is 11.9 Å². The van der Waals surface area contributed by atoms with Gasteiger partial charge in [0.05, 0.1) is 49.0 Å². The standard InChI is InChI=1S/C22H21F2N5O.C19H16F3N3O2.C17H13F3N4O2.C17H17N5O/c1-15-2-4-16(5-3-15)10-29-19(30)7-6-18(27-29)17-8-25-20(26-9-17)28-13-21(14-28)11-22(23,24)12-21;1-13-2-4-14(5-3-13)11-25-18(26)9-7-16(24-25)15-6-8-17(23-10-15)27-12-19(20,21)22;1-11-2-4-12(5-3-11)10-24-15(25)7-6-14(23-24)13-8-21-16(22-9-13)26-17(18,19)20;1-12-3-5-13(6-4-12)11-22-16(23)8-7-15(21-22)14-9-19-17(18-2)20-10-14/h2-9H,10-14H2,1H3;2-10H,11-12H2,1H3;2-9H,10H2,1H3;3-10H,11H2,1-2H3,(H,18,19,20). The fraction of sp³-hybridized carbons (Fsp3) is 0.240. The maximum Gasteiger partial charge on any atom is 0.575 e. The van der Waals surface area contributed by atoms with E-state index in [4.69, 9.17) is 0 Å². The van der Waals surface area contributed by atoms with Crippen molar-refractivity contribution in [1.29, 1.82) is 0 Å². The number of benzene rings is 4. The van der Waals surface area contributed by atoms with Crippen molar-refractivity contribution < 1.29 is 44.6 Å². The van der Waals surface area contributed by atoms with Crippen molar-refractivity contribution in [3.8, 4) is 56.9 Å². The van der Waals surface area contributed by atoms with Gasteiger partial charge in [0, 0.05) is 134 Å². The number of hydrogen-bond acceptors (Lipinski definition) is 19. The summed E-state index contributed by atoms with van der Waals surface area (Å²) in [5.74, 6) is -1.57. The van der Waals surface area contributed by atoms with Gasteiger partial charge in [-0.2, -0.15) is 33.6 Å². The van der Waals surface area contributed by atoms with E-state index in [0.717, 1.165) is 56.9 Å². The third-order valence-corrected chi connectivity index (χ3v) is 16.5. The molecule has 2 aliphatic rings. The zero-order valence-corrected chi connectivity index (χ0v) is 57.5. The van der Waals surface area contributed by atoms with Gasteiger partial charge >= 0.3 is 18.5 Å². The molecule has 0 radical (unpaired) electrons. The molecule has 1 aliphatic heterocycles. The first-order chi connectivity index (χ1) is 50.6. The Morgan fingerprint density at radius 1 is 0.415 bits per heavy atom. The van der Waals surface area contributed by atoms with Gasteiger partial charge in [-0.15, -0.1) is 13.2 Å². The molecule has 1 spiro atoms. The topological polar surface area (TPSA) is 264 Å². The van der Waals surface area contributed by atoms with E-state index < -0.39 is 31.1 Å². The molecule has 1 saturated carbocycles. The molecule has 1 saturated heterocycles. The average molecular weight is 1450 g/mol. The van der Waals surface area contributed by atoms with Crippen LogP contribution < -0.4 is 41.9 Å². The quantitative estimate of drug-likeness (QED) is 0.0830. The zero-order chi connectivity index (χ0) is 75.3. The van der Waals surface area contributed by atoms with Crippen molar-refractivity contribution in [1.82, 2.24) is 74.0 Å². The smallest absolute Gasteiger partial charge is 0.468 e. The molecule has 1 N–H and O–H groups in total. The van der Waals surface area contributed by atoms with Crippen LogP contribution in [0.5, 0.6) is 11.9 Å². The van der Waals surface area contributed by atoms with E-state index in [1.54, 1.807) is 56.1 Å². The summed E-state index contributed by atoms with van der Waals surface area (Å²) in [6, 6.07) is 45.5. The fourth-order valence-electron chi connectivity index (χ4n) is 11.1. The van der Waals surface area contributed by atoms with Crippen molar-refractivity contribution in [3.63, 3.8) is 0 Å². The molecule has 0 amide bonds. The number of rotatable bonds is 17. The number of anilines is 2. The first kappa shape index (κ1) is 74.6. The first-order valence-electron chi connectivity index (χ1n) is 32.8. The van der Waals surface area contributed by atoms with Crippen LogP contribution in [0.25, 0.3) is 45.0 Å². The summed E-state index contributed by atoms with van der Waals surface area (Å²) in [4.78, 5) is 78.2. The molecule has 106 heavy (non-hydrogen) atoms. The molecule has 0 unspecified atom stereocenters. The van der Waals surface area contributed by atoms with E-state index in [1.165, 1.54) is 66.9 Å². The molecule has 544 valence electrons. The van der Waals surface area contributed by atoms with Gasteiger partial charge in [-0.25, -0.2) is 62.4 Å². The van der Waals surface area contributed by atoms with Crippen molar-refractivity contribution in [2.24, 2.45) is 5.41 Å². The van der Waals surface area contributed by atoms with Crippen LogP contribution in [0.3, 0.4) is 0 Å². The summed E-state index contributed by atoms with van der Waals surface area (Å²) in [6.07, 6.45) is 0.973. The lowest BCUT2D eigenvalue weighted by Crippen LogP contribution is -2.66. The highest BCUT2D eigenvalue weighted by atomic mass is 19.4. The van der Waals surface area contributed by atoms with Gasteiger partial charge in [-0.05, 0) is 80.3 Å². The Bertz CT molecular complexity index is 5210. The lowest BCUT2D eigenvalue weighted by atomic mass is 9.61. The minimum absolute atomic E-state index is 0.0406. The normalized spacial score (nSPS) is 13.3. The summed E-state index contributed by atoms with van der Waals surface area (Å²) >= 11 is 0. The van der Waals surface area contributed by atoms with Crippen LogP contribution in [0, 0.1) is 33.1 Å². The van der Waals surface area contributed by atoms with Gasteiger partial charge in [0.1, 0.15) is 0 Å². The number of nitrogens with one attached hydrogen (secondary N) is 1. The predicted molar refractivity (Wildman–Crippen MR) is 378 cm³/mol. The third-order valence-electron chi connectivity index (χ3n) is 16.5. The Hall–Kier alpha value is -12.6. The predicted octanol–water partition coefficient (Wildman–Crippen LogP) is 11.9. The molecule has 12 aromatic rings. The molecule has 0 atom stereocenters. The minimum Gasteiger partial charge on any atom is -0.468 e. The Morgan fingerprint density at radius 3 is 1.06 bits per heavy atom. The van der Waals surface area contributed by atoms with Crippen molar-refractivity contribution in [2.45, 2.75) is 85.2 Å². The van der Waals surface area contributed by atoms with Gasteiger partial charge in [-0.1, -0.05) is 119 Å². The largest absolute Gasteiger partial charge is 0.575 e. The second kappa shape index (κ2) is 32.4. The highest BCUT2D eigenvalue weighted by Crippen LogP contribution is 2.57. The Morgan fingerprint density at radius 2 is 0.745 bits per heavy atom. The van der Waals surface area contributed by atoms with Gasteiger partial charge in [-0.3, -0.25) is 19.2 Å². The molecule has 31 heteroatoms. The molecule has 23 nitrogen and oxygen atoms in total. The van der Waals surface area contributed by atoms with Crippen LogP contribution in [0.4, 0.5) is 47.0 Å². The summed E-state index contributed by atoms with van der Waals surface area (Å²) < 4.78 is 113. The van der Waals surface area contributed by atoms with Crippen molar-refractivity contribution in [3.05, 3.63) is 287 Å². The average Bonchev–Trinajstić information content (AvgIpc) is 0.721. The van der Waals surface area contributed by atoms with Crippen LogP contribution >= 0.6 is 0 Å². The van der Waals surface area contributed by atoms with Crippen LogP contribution in [-0.4, -0.2) is 119 Å². The van der Waals surface area contributed by atoms with E-state index in [2.05, 4.69) is 70.1 Å². The summed E-state index contributed by atoms with van der Waals surface area (Å²) in [5, 5.41) is 20.3. The van der Waals surface area contributed by atoms with E-state index in [-0.39, 0.29) is 52.9 Å². The Kier molecular flexibility index (Phi) is 22.8. The SMILES string of the molecule is CNc1ncc(-c2ccc(=O)n(Cc3ccc(C)cc3)n2)cn1.Cc1ccc(Cn2nc(-c3ccc(OCC(F)(F)F)nc3)ccc2=O)cc1.Cc1ccc(Cn2nc(-c3cnc(N4CC5(C4)CC(F)(F)C5)nc3)ccc2=O)cc1.Cc1ccc(Cn2nc(-c3cnc(OC(F)(F)F)nc3)ccc2=O)cc1.